The number of carbonyl (C=O) groups excluding carboxylic acids is 1. The zero-order chi connectivity index (χ0) is 26.7. The van der Waals surface area contributed by atoms with Crippen molar-refractivity contribution < 1.29 is 14.3 Å². The Morgan fingerprint density at radius 1 is 1.08 bits per heavy atom. The third-order valence-electron chi connectivity index (χ3n) is 6.83. The Bertz CT molecular complexity index is 1430. The molecule has 0 fully saturated rings. The van der Waals surface area contributed by atoms with Gasteiger partial charge in [-0.15, -0.1) is 0 Å². The lowest BCUT2D eigenvalue weighted by Gasteiger charge is -2.25. The van der Waals surface area contributed by atoms with Crippen molar-refractivity contribution in [2.45, 2.75) is 59.3 Å². The molecule has 0 saturated heterocycles. The van der Waals surface area contributed by atoms with Crippen LogP contribution in [0.5, 0.6) is 11.5 Å². The Morgan fingerprint density at radius 2 is 1.76 bits per heavy atom. The lowest BCUT2D eigenvalue weighted by Crippen LogP contribution is -2.43. The van der Waals surface area contributed by atoms with Crippen LogP contribution in [0.2, 0.25) is 0 Å². The van der Waals surface area contributed by atoms with Gasteiger partial charge in [-0.2, -0.15) is 0 Å². The Balaban J connectivity index is 1.91. The number of nitrogens with zero attached hydrogens (tertiary/aromatic N) is 3. The van der Waals surface area contributed by atoms with E-state index in [1.165, 1.54) is 5.56 Å². The van der Waals surface area contributed by atoms with E-state index in [0.717, 1.165) is 33.6 Å². The first-order valence-corrected chi connectivity index (χ1v) is 12.4. The minimum atomic E-state index is -0.463. The highest BCUT2D eigenvalue weighted by Crippen LogP contribution is 2.37. The van der Waals surface area contributed by atoms with Crippen molar-refractivity contribution >= 4 is 12.1 Å². The average molecular weight is 506 g/mol. The van der Waals surface area contributed by atoms with Crippen LogP contribution >= 0.6 is 0 Å². The first-order valence-electron chi connectivity index (χ1n) is 12.4. The summed E-state index contributed by atoms with van der Waals surface area (Å²) in [5.41, 5.74) is 13.3. The smallest absolute Gasteiger partial charge is 0.330 e. The first kappa shape index (κ1) is 26.2. The number of hydrogen-bond donors (Lipinski definition) is 2. The molecule has 196 valence electrons. The van der Waals surface area contributed by atoms with E-state index in [9.17, 15) is 9.59 Å². The summed E-state index contributed by atoms with van der Waals surface area (Å²) in [5, 5.41) is 2.56. The number of benzene rings is 2. The highest BCUT2D eigenvalue weighted by Gasteiger charge is 2.22. The Kier molecular flexibility index (Phi) is 7.83. The van der Waals surface area contributed by atoms with Crippen LogP contribution in [0.15, 0.2) is 40.1 Å². The number of hydrogen-bond acceptors (Lipinski definition) is 6. The van der Waals surface area contributed by atoms with E-state index in [4.69, 9.17) is 20.2 Å². The van der Waals surface area contributed by atoms with E-state index >= 15 is 0 Å². The van der Waals surface area contributed by atoms with Gasteiger partial charge in [0, 0.05) is 24.7 Å². The van der Waals surface area contributed by atoms with Crippen LogP contribution in [0.25, 0.3) is 11.3 Å². The fraction of sp³-hybridized carbons (Fsp3) is 0.393. The van der Waals surface area contributed by atoms with Gasteiger partial charge in [-0.1, -0.05) is 17.7 Å². The Morgan fingerprint density at radius 3 is 2.41 bits per heavy atom. The van der Waals surface area contributed by atoms with Gasteiger partial charge in [-0.05, 0) is 68.9 Å². The van der Waals surface area contributed by atoms with Crippen LogP contribution in [0, 0.1) is 20.8 Å². The second-order valence-corrected chi connectivity index (χ2v) is 9.48. The molecule has 1 aliphatic heterocycles. The van der Waals surface area contributed by atoms with Crippen LogP contribution in [-0.2, 0) is 24.3 Å². The van der Waals surface area contributed by atoms with Gasteiger partial charge in [0.1, 0.15) is 5.49 Å². The van der Waals surface area contributed by atoms with Gasteiger partial charge in [0.2, 0.25) is 6.41 Å². The second-order valence-electron chi connectivity index (χ2n) is 9.48. The van der Waals surface area contributed by atoms with Crippen LogP contribution in [-0.4, -0.2) is 35.9 Å². The Hall–Kier alpha value is -3.85. The molecule has 0 aliphatic carbocycles. The molecule has 0 bridgehead atoms. The number of fused-ring (bicyclic) bond motifs is 3. The fourth-order valence-electron chi connectivity index (χ4n) is 5.07. The normalized spacial score (nSPS) is 13.5. The number of ether oxygens (including phenoxy) is 2. The van der Waals surface area contributed by atoms with Crippen molar-refractivity contribution in [2.75, 3.05) is 14.2 Å². The minimum absolute atomic E-state index is 0.129. The molecule has 1 unspecified atom stereocenters. The number of methoxy groups -OCH3 is 2. The lowest BCUT2D eigenvalue weighted by molar-refractivity contribution is -0.110. The van der Waals surface area contributed by atoms with Gasteiger partial charge in [-0.3, -0.25) is 13.9 Å². The molecule has 4 rings (SSSR count). The molecule has 1 amide bonds. The number of nitrogens with two attached hydrogens (primary N) is 1. The van der Waals surface area contributed by atoms with Gasteiger partial charge in [0.25, 0.3) is 0 Å². The van der Waals surface area contributed by atoms with Gasteiger partial charge < -0.3 is 20.5 Å². The SMILES string of the molecule is COc1cc2c(cc1OC)-c1cc(=Nc3c(C)cc(C)cc3C)n(CCCC(N)NC=O)c(=O)n1CC2. The molecule has 9 heteroatoms. The molecule has 0 radical (unpaired) electrons. The highest BCUT2D eigenvalue weighted by atomic mass is 16.5. The molecule has 9 nitrogen and oxygen atoms in total. The number of aryl methyl sites for hydroxylation is 4. The van der Waals surface area contributed by atoms with E-state index in [2.05, 4.69) is 24.4 Å². The van der Waals surface area contributed by atoms with Crippen molar-refractivity contribution in [1.82, 2.24) is 14.5 Å². The topological polar surface area (TPSA) is 113 Å². The fourth-order valence-corrected chi connectivity index (χ4v) is 5.07. The van der Waals surface area contributed by atoms with Gasteiger partial charge in [0.05, 0.1) is 31.8 Å². The van der Waals surface area contributed by atoms with Crippen LogP contribution < -0.4 is 31.7 Å². The zero-order valence-corrected chi connectivity index (χ0v) is 22.1. The molecule has 3 N–H and O–H groups in total. The summed E-state index contributed by atoms with van der Waals surface area (Å²) < 4.78 is 14.6. The predicted molar refractivity (Wildman–Crippen MR) is 143 cm³/mol. The molecule has 1 aromatic heterocycles. The Labute approximate surface area is 216 Å². The third-order valence-corrected chi connectivity index (χ3v) is 6.83. The summed E-state index contributed by atoms with van der Waals surface area (Å²) in [6, 6.07) is 10.1. The van der Waals surface area contributed by atoms with E-state index in [1.807, 2.05) is 32.0 Å². The standard InChI is InChI=1S/C28H35N5O4/c1-17-11-18(2)27(19(3)12-17)31-26-15-22-21-14-24(37-5)23(36-4)13-20(21)8-10-32(22)28(35)33(26)9-6-7-25(29)30-16-34/h11-16,25H,6-10,29H2,1-5H3,(H,30,34). The molecule has 37 heavy (non-hydrogen) atoms. The number of rotatable bonds is 9. The van der Waals surface area contributed by atoms with Crippen LogP contribution in [0.3, 0.4) is 0 Å². The summed E-state index contributed by atoms with van der Waals surface area (Å²) >= 11 is 0. The molecule has 2 heterocycles. The highest BCUT2D eigenvalue weighted by molar-refractivity contribution is 5.70. The van der Waals surface area contributed by atoms with Crippen molar-refractivity contribution in [3.05, 3.63) is 68.6 Å². The van der Waals surface area contributed by atoms with Gasteiger partial charge in [-0.25, -0.2) is 9.79 Å². The molecule has 1 aliphatic rings. The molecular formula is C28H35N5O4. The van der Waals surface area contributed by atoms with Crippen LogP contribution in [0.1, 0.15) is 35.1 Å². The number of nitrogens with one attached hydrogen (secondary N) is 1. The van der Waals surface area contributed by atoms with E-state index < -0.39 is 6.17 Å². The lowest BCUT2D eigenvalue weighted by atomic mass is 9.97. The second kappa shape index (κ2) is 11.0. The maximum absolute atomic E-state index is 13.8. The minimum Gasteiger partial charge on any atom is -0.493 e. The van der Waals surface area contributed by atoms with E-state index in [0.29, 0.717) is 55.7 Å². The molecule has 0 saturated carbocycles. The van der Waals surface area contributed by atoms with Crippen molar-refractivity contribution in [3.8, 4) is 22.8 Å². The van der Waals surface area contributed by atoms with E-state index in [1.54, 1.807) is 23.4 Å². The van der Waals surface area contributed by atoms with Crippen molar-refractivity contribution in [1.29, 1.82) is 0 Å². The van der Waals surface area contributed by atoms with Crippen LogP contribution in [0.4, 0.5) is 5.69 Å². The van der Waals surface area contributed by atoms with Gasteiger partial charge >= 0.3 is 5.69 Å². The monoisotopic (exact) mass is 505 g/mol. The summed E-state index contributed by atoms with van der Waals surface area (Å²) in [6.45, 7) is 7.10. The average Bonchev–Trinajstić information content (AvgIpc) is 2.86. The maximum atomic E-state index is 13.8. The predicted octanol–water partition coefficient (Wildman–Crippen LogP) is 2.86. The van der Waals surface area contributed by atoms with Gasteiger partial charge in [0.15, 0.2) is 11.5 Å². The van der Waals surface area contributed by atoms with E-state index in [-0.39, 0.29) is 5.69 Å². The zero-order valence-electron chi connectivity index (χ0n) is 22.1. The van der Waals surface area contributed by atoms with Crippen molar-refractivity contribution in [2.24, 2.45) is 10.7 Å². The summed E-state index contributed by atoms with van der Waals surface area (Å²) in [4.78, 5) is 29.6. The maximum Gasteiger partial charge on any atom is 0.330 e. The number of aromatic nitrogens is 2. The molecule has 2 aromatic carbocycles. The molecule has 0 spiro atoms. The number of amides is 1. The summed E-state index contributed by atoms with van der Waals surface area (Å²) in [6.07, 6.45) is 1.97. The first-order chi connectivity index (χ1) is 17.8. The number of carbonyl (C=O) groups is 1. The van der Waals surface area contributed by atoms with Crippen molar-refractivity contribution in [3.63, 3.8) is 0 Å². The molecule has 3 aromatic rings. The summed E-state index contributed by atoms with van der Waals surface area (Å²) in [7, 11) is 3.22. The molecular weight excluding hydrogens is 470 g/mol. The summed E-state index contributed by atoms with van der Waals surface area (Å²) in [5.74, 6) is 1.28. The third kappa shape index (κ3) is 5.32. The molecule has 1 atom stereocenters. The quantitative estimate of drug-likeness (QED) is 0.343. The largest absolute Gasteiger partial charge is 0.493 e.